The number of carbonyl (C=O) groups excluding carboxylic acids is 1. The van der Waals surface area contributed by atoms with E-state index in [0.29, 0.717) is 20.6 Å². The molecule has 2 aromatic rings. The van der Waals surface area contributed by atoms with Crippen LogP contribution in [0.5, 0.6) is 0 Å². The molecule has 19 heavy (non-hydrogen) atoms. The topological polar surface area (TPSA) is 17.1 Å². The number of ketones is 1. The van der Waals surface area contributed by atoms with E-state index in [-0.39, 0.29) is 11.6 Å². The lowest BCUT2D eigenvalue weighted by Crippen LogP contribution is -2.04. The fourth-order valence-corrected chi connectivity index (χ4v) is 2.57. The summed E-state index contributed by atoms with van der Waals surface area (Å²) in [7, 11) is 0. The van der Waals surface area contributed by atoms with E-state index < -0.39 is 0 Å². The van der Waals surface area contributed by atoms with Crippen molar-refractivity contribution in [2.45, 2.75) is 19.8 Å². The minimum absolute atomic E-state index is 0.0697. The molecule has 0 unspecified atom stereocenters. The summed E-state index contributed by atoms with van der Waals surface area (Å²) < 4.78 is 13.7. The van der Waals surface area contributed by atoms with Crippen molar-refractivity contribution in [1.29, 1.82) is 0 Å². The average Bonchev–Trinajstić information content (AvgIpc) is 2.38. The molecule has 1 nitrogen and oxygen atoms in total. The third-order valence-electron chi connectivity index (χ3n) is 3.02. The Labute approximate surface area is 126 Å². The second-order valence-electron chi connectivity index (χ2n) is 4.73. The average molecular weight is 368 g/mol. The highest BCUT2D eigenvalue weighted by molar-refractivity contribution is 14.1. The first-order chi connectivity index (χ1) is 8.99. The third-order valence-corrected chi connectivity index (χ3v) is 3.91. The maximum Gasteiger partial charge on any atom is 0.194 e. The zero-order valence-electron chi connectivity index (χ0n) is 10.8. The maximum atomic E-state index is 13.0. The van der Waals surface area contributed by atoms with Crippen LogP contribution in [0.1, 0.15) is 41.3 Å². The van der Waals surface area contributed by atoms with Crippen molar-refractivity contribution in [3.8, 4) is 0 Å². The van der Waals surface area contributed by atoms with Gasteiger partial charge in [0.15, 0.2) is 5.78 Å². The Morgan fingerprint density at radius 1 is 1.11 bits per heavy atom. The smallest absolute Gasteiger partial charge is 0.194 e. The molecule has 0 N–H and O–H groups in total. The minimum atomic E-state index is -0.323. The van der Waals surface area contributed by atoms with Crippen LogP contribution in [0, 0.1) is 9.39 Å². The van der Waals surface area contributed by atoms with Crippen LogP contribution in [0.2, 0.25) is 0 Å². The first-order valence-corrected chi connectivity index (χ1v) is 7.16. The summed E-state index contributed by atoms with van der Waals surface area (Å²) in [6, 6.07) is 11.8. The molecule has 0 bridgehead atoms. The molecule has 0 heterocycles. The number of benzene rings is 2. The summed E-state index contributed by atoms with van der Waals surface area (Å²) in [6.07, 6.45) is 0. The Morgan fingerprint density at radius 3 is 2.26 bits per heavy atom. The quantitative estimate of drug-likeness (QED) is 0.563. The largest absolute Gasteiger partial charge is 0.289 e. The fourth-order valence-electron chi connectivity index (χ4n) is 1.85. The molecule has 0 aromatic heterocycles. The van der Waals surface area contributed by atoms with Crippen molar-refractivity contribution in [2.75, 3.05) is 0 Å². The van der Waals surface area contributed by atoms with Crippen molar-refractivity contribution in [2.24, 2.45) is 0 Å². The van der Waals surface area contributed by atoms with Crippen LogP contribution in [0.3, 0.4) is 0 Å². The lowest BCUT2D eigenvalue weighted by molar-refractivity contribution is 0.103. The van der Waals surface area contributed by atoms with Crippen molar-refractivity contribution in [3.05, 3.63) is 68.5 Å². The van der Waals surface area contributed by atoms with Gasteiger partial charge >= 0.3 is 0 Å². The molecule has 0 atom stereocenters. The molecule has 0 aliphatic rings. The normalized spacial score (nSPS) is 10.8. The van der Waals surface area contributed by atoms with E-state index in [4.69, 9.17) is 0 Å². The maximum absolute atomic E-state index is 13.0. The van der Waals surface area contributed by atoms with Crippen molar-refractivity contribution in [1.82, 2.24) is 0 Å². The second kappa shape index (κ2) is 5.82. The van der Waals surface area contributed by atoms with Gasteiger partial charge in [0.1, 0.15) is 5.82 Å². The molecular weight excluding hydrogens is 354 g/mol. The summed E-state index contributed by atoms with van der Waals surface area (Å²) in [5.74, 6) is 0.0471. The van der Waals surface area contributed by atoms with Crippen LogP contribution < -0.4 is 0 Å². The molecule has 3 heteroatoms. The molecule has 0 fully saturated rings. The van der Waals surface area contributed by atoms with Gasteiger partial charge in [0.05, 0.1) is 0 Å². The number of halogens is 2. The number of rotatable bonds is 3. The highest BCUT2D eigenvalue weighted by Gasteiger charge is 2.13. The van der Waals surface area contributed by atoms with E-state index in [1.54, 1.807) is 0 Å². The van der Waals surface area contributed by atoms with E-state index >= 15 is 0 Å². The SMILES string of the molecule is CC(C)c1ccc(C(=O)c2ccc(F)cc2I)cc1. The Bertz CT molecular complexity index is 603. The monoisotopic (exact) mass is 368 g/mol. The predicted molar refractivity (Wildman–Crippen MR) is 83.1 cm³/mol. The molecule has 0 saturated carbocycles. The molecule has 0 aliphatic carbocycles. The molecule has 0 saturated heterocycles. The van der Waals surface area contributed by atoms with Gasteiger partial charge in [0.25, 0.3) is 0 Å². The van der Waals surface area contributed by atoms with E-state index in [2.05, 4.69) is 13.8 Å². The van der Waals surface area contributed by atoms with E-state index in [1.807, 2.05) is 46.9 Å². The summed E-state index contributed by atoms with van der Waals surface area (Å²) in [4.78, 5) is 12.3. The first kappa shape index (κ1) is 14.2. The Morgan fingerprint density at radius 2 is 1.74 bits per heavy atom. The van der Waals surface area contributed by atoms with Crippen LogP contribution in [0.25, 0.3) is 0 Å². The van der Waals surface area contributed by atoms with Gasteiger partial charge < -0.3 is 0 Å². The van der Waals surface area contributed by atoms with Gasteiger partial charge in [-0.05, 0) is 52.3 Å². The lowest BCUT2D eigenvalue weighted by atomic mass is 9.98. The summed E-state index contributed by atoms with van der Waals surface area (Å²) >= 11 is 1.98. The van der Waals surface area contributed by atoms with Gasteiger partial charge in [0, 0.05) is 14.7 Å². The van der Waals surface area contributed by atoms with Crippen LogP contribution >= 0.6 is 22.6 Å². The third kappa shape index (κ3) is 3.21. The zero-order valence-corrected chi connectivity index (χ0v) is 12.9. The van der Waals surface area contributed by atoms with Crippen molar-refractivity contribution < 1.29 is 9.18 Å². The number of carbonyl (C=O) groups is 1. The Hall–Kier alpha value is -1.23. The highest BCUT2D eigenvalue weighted by Crippen LogP contribution is 2.20. The Kier molecular flexibility index (Phi) is 4.34. The van der Waals surface area contributed by atoms with Crippen molar-refractivity contribution in [3.63, 3.8) is 0 Å². The molecule has 0 amide bonds. The highest BCUT2D eigenvalue weighted by atomic mass is 127. The predicted octanol–water partition coefficient (Wildman–Crippen LogP) is 4.78. The van der Waals surface area contributed by atoms with Crippen LogP contribution in [0.15, 0.2) is 42.5 Å². The Balaban J connectivity index is 2.33. The van der Waals surface area contributed by atoms with E-state index in [1.165, 1.54) is 23.8 Å². The molecule has 0 radical (unpaired) electrons. The minimum Gasteiger partial charge on any atom is -0.289 e. The van der Waals surface area contributed by atoms with E-state index in [9.17, 15) is 9.18 Å². The molecule has 2 rings (SSSR count). The van der Waals surface area contributed by atoms with Gasteiger partial charge in [-0.1, -0.05) is 38.1 Å². The van der Waals surface area contributed by atoms with Gasteiger partial charge in [-0.15, -0.1) is 0 Å². The van der Waals surface area contributed by atoms with Crippen molar-refractivity contribution >= 4 is 28.4 Å². The van der Waals surface area contributed by atoms with Crippen LogP contribution in [-0.4, -0.2) is 5.78 Å². The van der Waals surface area contributed by atoms with Gasteiger partial charge in [-0.25, -0.2) is 4.39 Å². The lowest BCUT2D eigenvalue weighted by Gasteiger charge is -2.07. The van der Waals surface area contributed by atoms with Crippen LogP contribution in [0.4, 0.5) is 4.39 Å². The fraction of sp³-hybridized carbons (Fsp3) is 0.188. The summed E-state index contributed by atoms with van der Waals surface area (Å²) in [5.41, 5.74) is 2.37. The zero-order chi connectivity index (χ0) is 14.0. The first-order valence-electron chi connectivity index (χ1n) is 6.08. The van der Waals surface area contributed by atoms with Gasteiger partial charge in [-0.3, -0.25) is 4.79 Å². The number of hydrogen-bond donors (Lipinski definition) is 0. The molecule has 2 aromatic carbocycles. The van der Waals surface area contributed by atoms with E-state index in [0.717, 1.165) is 0 Å². The standard InChI is InChI=1S/C16H14FIO/c1-10(2)11-3-5-12(6-4-11)16(19)14-8-7-13(17)9-15(14)18/h3-10H,1-2H3. The van der Waals surface area contributed by atoms with Gasteiger partial charge in [0.2, 0.25) is 0 Å². The molecule has 0 aliphatic heterocycles. The molecular formula is C16H14FIO. The second-order valence-corrected chi connectivity index (χ2v) is 5.89. The summed E-state index contributed by atoms with van der Waals surface area (Å²) in [5, 5.41) is 0. The molecule has 0 spiro atoms. The van der Waals surface area contributed by atoms with Crippen LogP contribution in [-0.2, 0) is 0 Å². The summed E-state index contributed by atoms with van der Waals surface area (Å²) in [6.45, 7) is 4.22. The van der Waals surface area contributed by atoms with Gasteiger partial charge in [-0.2, -0.15) is 0 Å². The molecule has 98 valence electrons. The number of hydrogen-bond acceptors (Lipinski definition) is 1.